The molecule has 0 unspecified atom stereocenters. The zero-order valence-electron chi connectivity index (χ0n) is 15.5. The van der Waals surface area contributed by atoms with Gasteiger partial charge in [-0.3, -0.25) is 33.8 Å². The van der Waals surface area contributed by atoms with Crippen LogP contribution in [0.3, 0.4) is 0 Å². The molecule has 0 aromatic heterocycles. The Morgan fingerprint density at radius 1 is 1.03 bits per heavy atom. The molecule has 9 nitrogen and oxygen atoms in total. The Bertz CT molecular complexity index is 914. The Morgan fingerprint density at radius 3 is 2.38 bits per heavy atom. The lowest BCUT2D eigenvalue weighted by Crippen LogP contribution is -2.44. The smallest absolute Gasteiger partial charge is 0.326 e. The molecule has 1 aliphatic carbocycles. The lowest BCUT2D eigenvalue weighted by Gasteiger charge is -2.28. The van der Waals surface area contributed by atoms with Gasteiger partial charge in [0.1, 0.15) is 13.1 Å². The number of ether oxygens (including phenoxy) is 1. The van der Waals surface area contributed by atoms with Crippen LogP contribution in [0.4, 0.5) is 11.4 Å². The molecule has 2 aliphatic heterocycles. The van der Waals surface area contributed by atoms with Crippen LogP contribution in [0.5, 0.6) is 0 Å². The van der Waals surface area contributed by atoms with Crippen molar-refractivity contribution in [3.63, 3.8) is 0 Å². The summed E-state index contributed by atoms with van der Waals surface area (Å²) in [5, 5.41) is 2.66. The number of carbonyl (C=O) groups is 5. The van der Waals surface area contributed by atoms with Gasteiger partial charge in [0.05, 0.1) is 23.2 Å². The van der Waals surface area contributed by atoms with Gasteiger partial charge in [-0.05, 0) is 25.0 Å². The van der Waals surface area contributed by atoms with E-state index in [-0.39, 0.29) is 24.3 Å². The molecule has 4 amide bonds. The summed E-state index contributed by atoms with van der Waals surface area (Å²) in [7, 11) is 0. The molecule has 1 aromatic rings. The van der Waals surface area contributed by atoms with E-state index in [0.29, 0.717) is 24.2 Å². The summed E-state index contributed by atoms with van der Waals surface area (Å²) in [5.41, 5.74) is 1.00. The summed E-state index contributed by atoms with van der Waals surface area (Å²) in [6.45, 7) is -1.30. The third kappa shape index (κ3) is 3.51. The van der Waals surface area contributed by atoms with Crippen LogP contribution in [0, 0.1) is 11.8 Å². The standard InChI is InChI=1S/C20H19N3O6/c24-16-9-22(15-8-4-3-7-14(15)21-16)17(25)11-29-18(26)10-23-19(27)12-5-1-2-6-13(12)20(23)28/h1-4,7-8,12-13H,5-6,9-11H2,(H,21,24)/t12-,13-/m0/s1. The molecule has 2 atom stereocenters. The number of esters is 1. The lowest BCUT2D eigenvalue weighted by atomic mass is 9.85. The van der Waals surface area contributed by atoms with Gasteiger partial charge < -0.3 is 10.1 Å². The largest absolute Gasteiger partial charge is 0.454 e. The number of imide groups is 1. The second kappa shape index (κ2) is 7.50. The van der Waals surface area contributed by atoms with E-state index in [1.165, 1.54) is 4.90 Å². The quantitative estimate of drug-likeness (QED) is 0.449. The van der Waals surface area contributed by atoms with Gasteiger partial charge in [0.2, 0.25) is 17.7 Å². The van der Waals surface area contributed by atoms with Crippen LogP contribution >= 0.6 is 0 Å². The van der Waals surface area contributed by atoms with Crippen molar-refractivity contribution in [3.8, 4) is 0 Å². The molecule has 29 heavy (non-hydrogen) atoms. The normalized spacial score (nSPS) is 22.8. The zero-order chi connectivity index (χ0) is 20.5. The highest BCUT2D eigenvalue weighted by atomic mass is 16.5. The van der Waals surface area contributed by atoms with Crippen LogP contribution in [-0.4, -0.2) is 54.2 Å². The number of amides is 4. The van der Waals surface area contributed by atoms with Crippen LogP contribution in [0.15, 0.2) is 36.4 Å². The summed E-state index contributed by atoms with van der Waals surface area (Å²) in [6, 6.07) is 6.79. The molecule has 0 saturated carbocycles. The molecule has 2 heterocycles. The molecule has 1 saturated heterocycles. The molecule has 0 bridgehead atoms. The van der Waals surface area contributed by atoms with E-state index in [1.54, 1.807) is 24.3 Å². The third-order valence-electron chi connectivity index (χ3n) is 5.31. The minimum atomic E-state index is -0.846. The lowest BCUT2D eigenvalue weighted by molar-refractivity contribution is -0.154. The molecule has 3 aliphatic rings. The number of nitrogens with zero attached hydrogens (tertiary/aromatic N) is 2. The summed E-state index contributed by atoms with van der Waals surface area (Å²) in [4.78, 5) is 63.4. The second-order valence-corrected chi connectivity index (χ2v) is 7.12. The van der Waals surface area contributed by atoms with Crippen molar-refractivity contribution in [1.29, 1.82) is 0 Å². The maximum atomic E-state index is 12.5. The minimum Gasteiger partial charge on any atom is -0.454 e. The number of fused-ring (bicyclic) bond motifs is 2. The predicted molar refractivity (Wildman–Crippen MR) is 100 cm³/mol. The molecule has 150 valence electrons. The SMILES string of the molecule is O=C1CN(C(=O)COC(=O)CN2C(=O)[C@H]3CC=CC[C@@H]3C2=O)c2ccccc2N1. The Hall–Kier alpha value is -3.49. The summed E-state index contributed by atoms with van der Waals surface area (Å²) < 4.78 is 5.00. The first kappa shape index (κ1) is 18.9. The first-order chi connectivity index (χ1) is 14.0. The number of hydrogen-bond donors (Lipinski definition) is 1. The van der Waals surface area contributed by atoms with Gasteiger partial charge in [-0.2, -0.15) is 0 Å². The highest BCUT2D eigenvalue weighted by Gasteiger charge is 2.47. The maximum absolute atomic E-state index is 12.5. The summed E-state index contributed by atoms with van der Waals surface area (Å²) in [6.07, 6.45) is 4.68. The van der Waals surface area contributed by atoms with Gasteiger partial charge in [0.25, 0.3) is 5.91 Å². The fourth-order valence-electron chi connectivity index (χ4n) is 3.88. The van der Waals surface area contributed by atoms with Crippen molar-refractivity contribution in [1.82, 2.24) is 4.90 Å². The van der Waals surface area contributed by atoms with E-state index in [1.807, 2.05) is 12.2 Å². The van der Waals surface area contributed by atoms with Gasteiger partial charge in [0, 0.05) is 0 Å². The number of hydrogen-bond acceptors (Lipinski definition) is 6. The van der Waals surface area contributed by atoms with E-state index < -0.39 is 36.9 Å². The Morgan fingerprint density at radius 2 is 1.69 bits per heavy atom. The van der Waals surface area contributed by atoms with E-state index >= 15 is 0 Å². The van der Waals surface area contributed by atoms with Gasteiger partial charge >= 0.3 is 5.97 Å². The molecule has 4 rings (SSSR count). The van der Waals surface area contributed by atoms with Crippen molar-refractivity contribution >= 4 is 41.0 Å². The number of rotatable bonds is 4. The fourth-order valence-corrected chi connectivity index (χ4v) is 3.88. The highest BCUT2D eigenvalue weighted by molar-refractivity contribution is 6.10. The van der Waals surface area contributed by atoms with Crippen molar-refractivity contribution in [2.45, 2.75) is 12.8 Å². The van der Waals surface area contributed by atoms with Crippen LogP contribution in [0.25, 0.3) is 0 Å². The van der Waals surface area contributed by atoms with Gasteiger partial charge in [-0.1, -0.05) is 24.3 Å². The van der Waals surface area contributed by atoms with Crippen LogP contribution in [0.2, 0.25) is 0 Å². The number of para-hydroxylation sites is 2. The van der Waals surface area contributed by atoms with E-state index in [4.69, 9.17) is 4.74 Å². The first-order valence-corrected chi connectivity index (χ1v) is 9.31. The number of benzene rings is 1. The van der Waals surface area contributed by atoms with Gasteiger partial charge in [-0.25, -0.2) is 0 Å². The van der Waals surface area contributed by atoms with Crippen molar-refractivity contribution in [2.24, 2.45) is 11.8 Å². The second-order valence-electron chi connectivity index (χ2n) is 7.12. The van der Waals surface area contributed by atoms with Crippen LogP contribution in [0.1, 0.15) is 12.8 Å². The van der Waals surface area contributed by atoms with Crippen LogP contribution < -0.4 is 10.2 Å². The number of carbonyl (C=O) groups excluding carboxylic acids is 5. The Kier molecular flexibility index (Phi) is 4.87. The number of anilines is 2. The van der Waals surface area contributed by atoms with Crippen molar-refractivity contribution in [2.75, 3.05) is 29.9 Å². The molecular weight excluding hydrogens is 378 g/mol. The maximum Gasteiger partial charge on any atom is 0.326 e. The topological polar surface area (TPSA) is 113 Å². The zero-order valence-corrected chi connectivity index (χ0v) is 15.5. The number of likely N-dealkylation sites (tertiary alicyclic amines) is 1. The molecule has 0 radical (unpaired) electrons. The summed E-state index contributed by atoms with van der Waals surface area (Å²) in [5.74, 6) is -3.38. The predicted octanol–water partition coefficient (Wildman–Crippen LogP) is 0.466. The third-order valence-corrected chi connectivity index (χ3v) is 5.31. The monoisotopic (exact) mass is 397 g/mol. The Balaban J connectivity index is 1.36. The van der Waals surface area contributed by atoms with E-state index in [9.17, 15) is 24.0 Å². The van der Waals surface area contributed by atoms with Gasteiger partial charge in [-0.15, -0.1) is 0 Å². The fraction of sp³-hybridized carbons (Fsp3) is 0.350. The molecule has 1 N–H and O–H groups in total. The Labute approximate surface area is 166 Å². The van der Waals surface area contributed by atoms with Gasteiger partial charge in [0.15, 0.2) is 6.61 Å². The molecule has 1 aromatic carbocycles. The molecular formula is C20H19N3O6. The molecule has 1 fully saturated rings. The van der Waals surface area contributed by atoms with Crippen molar-refractivity contribution in [3.05, 3.63) is 36.4 Å². The summed E-state index contributed by atoms with van der Waals surface area (Å²) >= 11 is 0. The number of allylic oxidation sites excluding steroid dienone is 2. The van der Waals surface area contributed by atoms with E-state index in [2.05, 4.69) is 5.32 Å². The minimum absolute atomic E-state index is 0.188. The van der Waals surface area contributed by atoms with E-state index in [0.717, 1.165) is 4.90 Å². The van der Waals surface area contributed by atoms with Crippen molar-refractivity contribution < 1.29 is 28.7 Å². The first-order valence-electron chi connectivity index (χ1n) is 9.31. The highest BCUT2D eigenvalue weighted by Crippen LogP contribution is 2.35. The number of nitrogens with one attached hydrogen (secondary N) is 1. The molecule has 9 heteroatoms. The molecule has 0 spiro atoms. The average molecular weight is 397 g/mol. The average Bonchev–Trinajstić information content (AvgIpc) is 2.96. The van der Waals surface area contributed by atoms with Crippen LogP contribution in [-0.2, 0) is 28.7 Å².